The van der Waals surface area contributed by atoms with Crippen molar-refractivity contribution in [1.29, 1.82) is 0 Å². The molecule has 108 valence electrons. The number of amides is 1. The number of ether oxygens (including phenoxy) is 1. The van der Waals surface area contributed by atoms with Crippen LogP contribution in [0.2, 0.25) is 0 Å². The van der Waals surface area contributed by atoms with Gasteiger partial charge in [-0.3, -0.25) is 4.79 Å². The molecule has 0 spiro atoms. The lowest BCUT2D eigenvalue weighted by Crippen LogP contribution is -2.51. The van der Waals surface area contributed by atoms with Crippen molar-refractivity contribution in [3.05, 3.63) is 23.8 Å². The number of aryl methyl sites for hydroxylation is 1. The molecule has 1 N–H and O–H groups in total. The first-order valence-corrected chi connectivity index (χ1v) is 7.09. The monoisotopic (exact) mass is 276 g/mol. The Hall–Kier alpha value is -1.59. The number of carbonyl (C=O) groups is 1. The van der Waals surface area contributed by atoms with Crippen LogP contribution in [-0.4, -0.2) is 55.3 Å². The highest BCUT2D eigenvalue weighted by Crippen LogP contribution is 2.35. The Balaban J connectivity index is 1.86. The van der Waals surface area contributed by atoms with Gasteiger partial charge in [0.15, 0.2) is 0 Å². The van der Waals surface area contributed by atoms with E-state index in [0.717, 1.165) is 24.9 Å². The Kier molecular flexibility index (Phi) is 3.63. The molecule has 1 atom stereocenters. The number of rotatable bonds is 1. The maximum atomic E-state index is 12.7. The second kappa shape index (κ2) is 5.42. The Bertz CT molecular complexity index is 518. The summed E-state index contributed by atoms with van der Waals surface area (Å²) in [5.74, 6) is 0.138. The van der Waals surface area contributed by atoms with Gasteiger partial charge in [0.05, 0.1) is 12.3 Å². The Morgan fingerprint density at radius 2 is 2.25 bits per heavy atom. The molecule has 0 unspecified atom stereocenters. The third-order valence-electron chi connectivity index (χ3n) is 4.01. The number of carbonyl (C=O) groups excluding carboxylic acids is 1. The van der Waals surface area contributed by atoms with Crippen LogP contribution < -0.4 is 4.90 Å². The van der Waals surface area contributed by atoms with Crippen LogP contribution in [-0.2, 0) is 16.0 Å². The molecule has 2 aliphatic rings. The van der Waals surface area contributed by atoms with E-state index >= 15 is 0 Å². The Morgan fingerprint density at radius 3 is 3.05 bits per heavy atom. The van der Waals surface area contributed by atoms with Crippen LogP contribution in [0.5, 0.6) is 5.75 Å². The van der Waals surface area contributed by atoms with Gasteiger partial charge in [0.1, 0.15) is 11.9 Å². The zero-order chi connectivity index (χ0) is 14.1. The normalized spacial score (nSPS) is 23.4. The summed E-state index contributed by atoms with van der Waals surface area (Å²) in [5, 5.41) is 10.1. The SMILES string of the molecule is CN1CCO[C@H](C(=O)N2CCCc3cccc(O)c32)C1. The van der Waals surface area contributed by atoms with Crippen molar-refractivity contribution in [3.63, 3.8) is 0 Å². The summed E-state index contributed by atoms with van der Waals surface area (Å²) in [4.78, 5) is 16.5. The fourth-order valence-electron chi connectivity index (χ4n) is 2.95. The Labute approximate surface area is 118 Å². The van der Waals surface area contributed by atoms with E-state index in [1.165, 1.54) is 0 Å². The molecule has 3 rings (SSSR count). The zero-order valence-corrected chi connectivity index (χ0v) is 11.7. The standard InChI is InChI=1S/C15H20N2O3/c1-16-8-9-20-13(10-16)15(19)17-7-3-5-11-4-2-6-12(18)14(11)17/h2,4,6,13,18H,3,5,7-10H2,1H3/t13-/m0/s1. The zero-order valence-electron chi connectivity index (χ0n) is 11.7. The van der Waals surface area contributed by atoms with Gasteiger partial charge in [-0.1, -0.05) is 12.1 Å². The van der Waals surface area contributed by atoms with E-state index in [1.54, 1.807) is 11.0 Å². The van der Waals surface area contributed by atoms with Gasteiger partial charge in [0.2, 0.25) is 0 Å². The number of anilines is 1. The molecule has 0 bridgehead atoms. The van der Waals surface area contributed by atoms with Crippen LogP contribution >= 0.6 is 0 Å². The fraction of sp³-hybridized carbons (Fsp3) is 0.533. The van der Waals surface area contributed by atoms with Crippen LogP contribution in [0.15, 0.2) is 18.2 Å². The van der Waals surface area contributed by atoms with E-state index in [9.17, 15) is 9.90 Å². The molecule has 1 aromatic carbocycles. The minimum atomic E-state index is -0.431. The maximum absolute atomic E-state index is 12.7. The molecule has 0 aliphatic carbocycles. The molecule has 5 nitrogen and oxygen atoms in total. The maximum Gasteiger partial charge on any atom is 0.257 e. The largest absolute Gasteiger partial charge is 0.506 e. The van der Waals surface area contributed by atoms with Crippen LogP contribution in [0.3, 0.4) is 0 Å². The molecule has 0 aromatic heterocycles. The van der Waals surface area contributed by atoms with E-state index in [0.29, 0.717) is 25.4 Å². The van der Waals surface area contributed by atoms with Gasteiger partial charge in [0, 0.05) is 19.6 Å². The number of hydrogen-bond acceptors (Lipinski definition) is 4. The topological polar surface area (TPSA) is 53.0 Å². The molecular weight excluding hydrogens is 256 g/mol. The van der Waals surface area contributed by atoms with E-state index < -0.39 is 6.10 Å². The first kappa shape index (κ1) is 13.4. The third-order valence-corrected chi connectivity index (χ3v) is 4.01. The highest BCUT2D eigenvalue weighted by molar-refractivity contribution is 5.99. The van der Waals surface area contributed by atoms with Gasteiger partial charge in [-0.2, -0.15) is 0 Å². The predicted molar refractivity (Wildman–Crippen MR) is 76.0 cm³/mol. The lowest BCUT2D eigenvalue weighted by molar-refractivity contribution is -0.135. The van der Waals surface area contributed by atoms with E-state index in [4.69, 9.17) is 4.74 Å². The van der Waals surface area contributed by atoms with Crippen LogP contribution in [0.25, 0.3) is 0 Å². The number of hydrogen-bond donors (Lipinski definition) is 1. The van der Waals surface area contributed by atoms with Crippen molar-refractivity contribution < 1.29 is 14.6 Å². The second-order valence-electron chi connectivity index (χ2n) is 5.50. The molecule has 5 heteroatoms. The molecular formula is C15H20N2O3. The molecule has 1 aromatic rings. The van der Waals surface area contributed by atoms with Crippen molar-refractivity contribution in [2.24, 2.45) is 0 Å². The van der Waals surface area contributed by atoms with Crippen LogP contribution in [0.1, 0.15) is 12.0 Å². The number of morpholine rings is 1. The summed E-state index contributed by atoms with van der Waals surface area (Å²) in [6, 6.07) is 5.44. The van der Waals surface area contributed by atoms with Gasteiger partial charge >= 0.3 is 0 Å². The number of para-hydroxylation sites is 1. The highest BCUT2D eigenvalue weighted by atomic mass is 16.5. The number of aromatic hydroxyl groups is 1. The molecule has 0 radical (unpaired) electrons. The van der Waals surface area contributed by atoms with Gasteiger partial charge < -0.3 is 19.6 Å². The number of phenolic OH excluding ortho intramolecular Hbond substituents is 1. The van der Waals surface area contributed by atoms with Gasteiger partial charge in [-0.05, 0) is 31.5 Å². The number of likely N-dealkylation sites (N-methyl/N-ethyl adjacent to an activating group) is 1. The summed E-state index contributed by atoms with van der Waals surface area (Å²) in [5.41, 5.74) is 1.70. The van der Waals surface area contributed by atoms with E-state index in [2.05, 4.69) is 4.90 Å². The molecule has 1 amide bonds. The molecule has 2 heterocycles. The summed E-state index contributed by atoms with van der Waals surface area (Å²) >= 11 is 0. The highest BCUT2D eigenvalue weighted by Gasteiger charge is 2.33. The summed E-state index contributed by atoms with van der Waals surface area (Å²) in [6.45, 7) is 2.69. The van der Waals surface area contributed by atoms with Gasteiger partial charge in [0.25, 0.3) is 5.91 Å². The molecule has 1 saturated heterocycles. The van der Waals surface area contributed by atoms with Crippen LogP contribution in [0, 0.1) is 0 Å². The van der Waals surface area contributed by atoms with Crippen molar-refractivity contribution in [1.82, 2.24) is 4.90 Å². The summed E-state index contributed by atoms with van der Waals surface area (Å²) in [7, 11) is 1.99. The van der Waals surface area contributed by atoms with E-state index in [1.807, 2.05) is 19.2 Å². The predicted octanol–water partition coefficient (Wildman–Crippen LogP) is 1.00. The molecule has 0 saturated carbocycles. The lowest BCUT2D eigenvalue weighted by Gasteiger charge is -2.35. The first-order chi connectivity index (χ1) is 9.66. The molecule has 2 aliphatic heterocycles. The first-order valence-electron chi connectivity index (χ1n) is 7.09. The second-order valence-corrected chi connectivity index (χ2v) is 5.50. The summed E-state index contributed by atoms with van der Waals surface area (Å²) < 4.78 is 5.60. The number of nitrogens with zero attached hydrogens (tertiary/aromatic N) is 2. The average Bonchev–Trinajstić information content (AvgIpc) is 2.46. The lowest BCUT2D eigenvalue weighted by atomic mass is 10.00. The minimum Gasteiger partial charge on any atom is -0.506 e. The van der Waals surface area contributed by atoms with Crippen molar-refractivity contribution >= 4 is 11.6 Å². The third kappa shape index (κ3) is 2.39. The smallest absolute Gasteiger partial charge is 0.257 e. The number of benzene rings is 1. The van der Waals surface area contributed by atoms with Crippen molar-refractivity contribution in [2.45, 2.75) is 18.9 Å². The molecule has 20 heavy (non-hydrogen) atoms. The van der Waals surface area contributed by atoms with Gasteiger partial charge in [-0.25, -0.2) is 0 Å². The number of fused-ring (bicyclic) bond motifs is 1. The average molecular weight is 276 g/mol. The Morgan fingerprint density at radius 1 is 1.40 bits per heavy atom. The summed E-state index contributed by atoms with van der Waals surface area (Å²) in [6.07, 6.45) is 1.39. The van der Waals surface area contributed by atoms with Gasteiger partial charge in [-0.15, -0.1) is 0 Å². The van der Waals surface area contributed by atoms with Crippen molar-refractivity contribution in [3.8, 4) is 5.75 Å². The van der Waals surface area contributed by atoms with Crippen molar-refractivity contribution in [2.75, 3.05) is 38.2 Å². The fourth-order valence-corrected chi connectivity index (χ4v) is 2.95. The minimum absolute atomic E-state index is 0.0426. The number of phenols is 1. The molecule has 1 fully saturated rings. The van der Waals surface area contributed by atoms with E-state index in [-0.39, 0.29) is 11.7 Å². The quantitative estimate of drug-likeness (QED) is 0.831. The van der Waals surface area contributed by atoms with Crippen LogP contribution in [0.4, 0.5) is 5.69 Å².